The number of nitrogens with one attached hydrogen (secondary N) is 2. The first-order valence-corrected chi connectivity index (χ1v) is 13.5. The van der Waals surface area contributed by atoms with Crippen molar-refractivity contribution in [3.8, 4) is 17.3 Å². The van der Waals surface area contributed by atoms with Crippen LogP contribution in [0.5, 0.6) is 11.6 Å². The third kappa shape index (κ3) is 6.57. The minimum Gasteiger partial charge on any atom is -0.476 e. The van der Waals surface area contributed by atoms with Gasteiger partial charge in [0.25, 0.3) is 0 Å². The summed E-state index contributed by atoms with van der Waals surface area (Å²) in [6.07, 6.45) is 0.616. The molecule has 3 aromatic rings. The average molecular weight is 545 g/mol. The fourth-order valence-corrected chi connectivity index (χ4v) is 4.62. The van der Waals surface area contributed by atoms with E-state index in [1.54, 1.807) is 19.1 Å². The van der Waals surface area contributed by atoms with Gasteiger partial charge in [-0.05, 0) is 50.6 Å². The highest BCUT2D eigenvalue weighted by atomic mass is 32.2. The molecule has 204 valence electrons. The first-order chi connectivity index (χ1) is 18.0. The number of aromatic carboxylic acids is 1. The molecular formula is C26H32N4O7S. The third-order valence-electron chi connectivity index (χ3n) is 5.92. The lowest BCUT2D eigenvalue weighted by molar-refractivity contribution is -0.119. The molecule has 0 unspecified atom stereocenters. The van der Waals surface area contributed by atoms with E-state index in [-0.39, 0.29) is 58.4 Å². The lowest BCUT2D eigenvalue weighted by atomic mass is 10.1. The Morgan fingerprint density at radius 3 is 2.42 bits per heavy atom. The fourth-order valence-electron chi connectivity index (χ4n) is 3.46. The fraction of sp³-hybridized carbons (Fsp3) is 0.346. The van der Waals surface area contributed by atoms with E-state index < -0.39 is 16.0 Å². The molecule has 0 radical (unpaired) electrons. The van der Waals surface area contributed by atoms with Crippen molar-refractivity contribution >= 4 is 27.6 Å². The van der Waals surface area contributed by atoms with Crippen molar-refractivity contribution in [1.82, 2.24) is 14.5 Å². The molecule has 0 aliphatic rings. The molecule has 0 saturated heterocycles. The van der Waals surface area contributed by atoms with Crippen LogP contribution in [0.2, 0.25) is 0 Å². The van der Waals surface area contributed by atoms with Gasteiger partial charge in [0.2, 0.25) is 21.8 Å². The van der Waals surface area contributed by atoms with Gasteiger partial charge in [0.05, 0.1) is 12.3 Å². The minimum absolute atomic E-state index is 0.00518. The number of aryl methyl sites for hydroxylation is 1. The van der Waals surface area contributed by atoms with Crippen LogP contribution in [-0.2, 0) is 19.6 Å². The van der Waals surface area contributed by atoms with Crippen LogP contribution < -0.4 is 14.8 Å². The number of carboxylic acid groups (broad SMARTS) is 1. The predicted octanol–water partition coefficient (Wildman–Crippen LogP) is 3.89. The maximum absolute atomic E-state index is 13.3. The van der Waals surface area contributed by atoms with Crippen LogP contribution in [0.3, 0.4) is 0 Å². The van der Waals surface area contributed by atoms with Crippen LogP contribution in [0.1, 0.15) is 41.9 Å². The second-order valence-corrected chi connectivity index (χ2v) is 10.5. The number of hydrogen-bond acceptors (Lipinski definition) is 7. The highest BCUT2D eigenvalue weighted by Gasteiger charge is 2.26. The van der Waals surface area contributed by atoms with Crippen LogP contribution >= 0.6 is 0 Å². The number of nitrogens with zero attached hydrogens (tertiary/aromatic N) is 2. The number of hydrogen-bond donors (Lipinski definition) is 3. The van der Waals surface area contributed by atoms with Gasteiger partial charge in [-0.15, -0.1) is 0 Å². The number of aromatic nitrogens is 2. The Balaban J connectivity index is 2.12. The number of carboxylic acids is 1. The van der Waals surface area contributed by atoms with E-state index in [9.17, 15) is 23.1 Å². The van der Waals surface area contributed by atoms with Gasteiger partial charge in [0.1, 0.15) is 10.6 Å². The number of rotatable bonds is 12. The molecule has 0 saturated carbocycles. The van der Waals surface area contributed by atoms with Gasteiger partial charge in [0.15, 0.2) is 5.69 Å². The standard InChI is InChI=1S/C26H32N4O7S/c1-6-17(3)24(31)28-19-9-12-21(22(15-19)38(34,35)27-13-14-36-5)37-25-18(4)23(26(32)33)29-30(25)20-10-7-16(2)8-11-20/h7-12,15,17,27H,6,13-14H2,1-5H3,(H,28,31)(H,32,33)/t17-/m0/s1. The van der Waals surface area contributed by atoms with Gasteiger partial charge < -0.3 is 19.9 Å². The van der Waals surface area contributed by atoms with Crippen LogP contribution in [-0.4, -0.2) is 55.4 Å². The van der Waals surface area contributed by atoms with Crippen molar-refractivity contribution in [2.45, 2.75) is 39.0 Å². The topological polar surface area (TPSA) is 149 Å². The zero-order chi connectivity index (χ0) is 28.0. The Kier molecular flexibility index (Phi) is 9.26. The molecule has 12 heteroatoms. The molecule has 0 aliphatic heterocycles. The maximum atomic E-state index is 13.3. The third-order valence-corrected chi connectivity index (χ3v) is 7.40. The minimum atomic E-state index is -4.13. The van der Waals surface area contributed by atoms with Gasteiger partial charge in [-0.3, -0.25) is 4.79 Å². The van der Waals surface area contributed by atoms with Crippen LogP contribution in [0.25, 0.3) is 5.69 Å². The Hall–Kier alpha value is -3.74. The first-order valence-electron chi connectivity index (χ1n) is 12.0. The van der Waals surface area contributed by atoms with E-state index in [0.29, 0.717) is 12.1 Å². The summed E-state index contributed by atoms with van der Waals surface area (Å²) >= 11 is 0. The molecule has 0 bridgehead atoms. The molecule has 3 N–H and O–H groups in total. The zero-order valence-corrected chi connectivity index (χ0v) is 22.8. The normalized spacial score (nSPS) is 12.2. The molecule has 1 heterocycles. The van der Waals surface area contributed by atoms with Crippen molar-refractivity contribution < 1.29 is 32.6 Å². The summed E-state index contributed by atoms with van der Waals surface area (Å²) in [7, 11) is -2.68. The Morgan fingerprint density at radius 1 is 1.13 bits per heavy atom. The molecule has 3 rings (SSSR count). The zero-order valence-electron chi connectivity index (χ0n) is 21.9. The molecule has 0 spiro atoms. The molecule has 11 nitrogen and oxygen atoms in total. The monoisotopic (exact) mass is 544 g/mol. The molecular weight excluding hydrogens is 512 g/mol. The van der Waals surface area contributed by atoms with Crippen molar-refractivity contribution in [1.29, 1.82) is 0 Å². The van der Waals surface area contributed by atoms with Gasteiger partial charge in [-0.25, -0.2) is 17.9 Å². The second-order valence-electron chi connectivity index (χ2n) is 8.78. The van der Waals surface area contributed by atoms with Gasteiger partial charge in [-0.2, -0.15) is 9.78 Å². The molecule has 1 aromatic heterocycles. The highest BCUT2D eigenvalue weighted by Crippen LogP contribution is 2.35. The highest BCUT2D eigenvalue weighted by molar-refractivity contribution is 7.89. The summed E-state index contributed by atoms with van der Waals surface area (Å²) in [6, 6.07) is 11.4. The number of carbonyl (C=O) groups is 2. The number of benzene rings is 2. The van der Waals surface area contributed by atoms with Crippen molar-refractivity contribution in [2.24, 2.45) is 5.92 Å². The number of carbonyl (C=O) groups excluding carboxylic acids is 1. The average Bonchev–Trinajstić information content (AvgIpc) is 3.20. The predicted molar refractivity (Wildman–Crippen MR) is 142 cm³/mol. The molecule has 2 aromatic carbocycles. The van der Waals surface area contributed by atoms with Crippen LogP contribution in [0.4, 0.5) is 5.69 Å². The largest absolute Gasteiger partial charge is 0.476 e. The van der Waals surface area contributed by atoms with Crippen LogP contribution in [0.15, 0.2) is 47.4 Å². The Labute approximate surface area is 221 Å². The number of methoxy groups -OCH3 is 1. The summed E-state index contributed by atoms with van der Waals surface area (Å²) in [5.74, 6) is -1.82. The smallest absolute Gasteiger partial charge is 0.356 e. The number of sulfonamides is 1. The molecule has 0 fully saturated rings. The molecule has 1 atom stereocenters. The molecule has 1 amide bonds. The van der Waals surface area contributed by atoms with E-state index in [2.05, 4.69) is 15.1 Å². The molecule has 0 aliphatic carbocycles. The first kappa shape index (κ1) is 28.8. The van der Waals surface area contributed by atoms with Crippen molar-refractivity contribution in [3.05, 3.63) is 59.3 Å². The van der Waals surface area contributed by atoms with E-state index >= 15 is 0 Å². The number of ether oxygens (including phenoxy) is 2. The van der Waals surface area contributed by atoms with E-state index in [0.717, 1.165) is 5.56 Å². The lowest BCUT2D eigenvalue weighted by Gasteiger charge is -2.16. The summed E-state index contributed by atoms with van der Waals surface area (Å²) in [5, 5.41) is 16.6. The van der Waals surface area contributed by atoms with E-state index in [4.69, 9.17) is 9.47 Å². The van der Waals surface area contributed by atoms with E-state index in [1.807, 2.05) is 26.0 Å². The van der Waals surface area contributed by atoms with Gasteiger partial charge >= 0.3 is 5.97 Å². The Morgan fingerprint density at radius 2 is 1.82 bits per heavy atom. The summed E-state index contributed by atoms with van der Waals surface area (Å²) in [4.78, 5) is 24.0. The number of amides is 1. The summed E-state index contributed by atoms with van der Waals surface area (Å²) in [6.45, 7) is 7.23. The lowest BCUT2D eigenvalue weighted by Crippen LogP contribution is -2.28. The SMILES string of the molecule is CC[C@H](C)C(=O)Nc1ccc(Oc2c(C)c(C(=O)O)nn2-c2ccc(C)cc2)c(S(=O)(=O)NCCOC)c1. The van der Waals surface area contributed by atoms with Crippen molar-refractivity contribution in [3.63, 3.8) is 0 Å². The molecule has 38 heavy (non-hydrogen) atoms. The Bertz CT molecular complexity index is 1420. The van der Waals surface area contributed by atoms with Crippen LogP contribution in [0, 0.1) is 19.8 Å². The summed E-state index contributed by atoms with van der Waals surface area (Å²) < 4.78 is 41.3. The number of anilines is 1. The van der Waals surface area contributed by atoms with Crippen molar-refractivity contribution in [2.75, 3.05) is 25.6 Å². The van der Waals surface area contributed by atoms with Gasteiger partial charge in [-0.1, -0.05) is 31.5 Å². The quantitative estimate of drug-likeness (QED) is 0.291. The van der Waals surface area contributed by atoms with E-state index in [1.165, 1.54) is 36.9 Å². The second kappa shape index (κ2) is 12.2. The maximum Gasteiger partial charge on any atom is 0.356 e. The summed E-state index contributed by atoms with van der Waals surface area (Å²) in [5.41, 5.74) is 1.76. The van der Waals surface area contributed by atoms with Gasteiger partial charge in [0, 0.05) is 30.8 Å².